The average molecular weight is 1180 g/mol. The van der Waals surface area contributed by atoms with E-state index < -0.39 is 54.3 Å². The van der Waals surface area contributed by atoms with Crippen LogP contribution in [0.2, 0.25) is 0 Å². The largest absolute Gasteiger partial charge is 0.368 e. The molecule has 3 aromatic carbocycles. The fourth-order valence-corrected chi connectivity index (χ4v) is 11.4. The number of carbonyl (C=O) groups is 9. The number of thioether (sulfide) groups is 1. The quantitative estimate of drug-likeness (QED) is 0.0669. The molecule has 3 aromatic rings. The summed E-state index contributed by atoms with van der Waals surface area (Å²) in [6, 6.07) is 23.5. The number of primary amides is 1. The van der Waals surface area contributed by atoms with Gasteiger partial charge in [-0.2, -0.15) is 11.8 Å². The van der Waals surface area contributed by atoms with E-state index in [-0.39, 0.29) is 132 Å². The number of hydrogen-bond acceptors (Lipinski definition) is 12. The Hall–Kier alpha value is -6.84. The van der Waals surface area contributed by atoms with Gasteiger partial charge in [-0.15, -0.1) is 0 Å². The first-order chi connectivity index (χ1) is 40.4. The van der Waals surface area contributed by atoms with Crippen molar-refractivity contribution >= 4 is 64.9 Å². The van der Waals surface area contributed by atoms with Gasteiger partial charge in [0, 0.05) is 81.0 Å². The van der Waals surface area contributed by atoms with Crippen molar-refractivity contribution in [1.29, 1.82) is 0 Å². The van der Waals surface area contributed by atoms with Crippen molar-refractivity contribution in [3.05, 3.63) is 107 Å². The molecule has 4 aliphatic rings. The second kappa shape index (κ2) is 34.8. The zero-order valence-electron chi connectivity index (χ0n) is 49.3. The lowest BCUT2D eigenvalue weighted by atomic mass is 10.0. The lowest BCUT2D eigenvalue weighted by molar-refractivity contribution is -0.139. The molecule has 4 unspecified atom stereocenters. The van der Waals surface area contributed by atoms with Crippen LogP contribution < -0.4 is 38.5 Å². The molecule has 0 saturated heterocycles. The van der Waals surface area contributed by atoms with E-state index in [1.165, 1.54) is 31.4 Å². The molecule has 0 aromatic heterocycles. The SMILES string of the molecule is CC(C)CC1CN(C(=O)CC2CC2)CC(=O)NC(CCCCN)CN(C(=O)CCCN)CC(=O)NC(Cc2ccccc2)CN(CC(N)=O)C(=O)CCSCc2ccc(cc2)C(=O)NC(Cc2ccccc2)CN(C(=O)CC2CC2)CC(=O)N1. The molecular weight excluding hydrogens is 1090 g/mol. The molecule has 0 spiro atoms. The van der Waals surface area contributed by atoms with Gasteiger partial charge >= 0.3 is 0 Å². The zero-order chi connectivity index (χ0) is 60.4. The van der Waals surface area contributed by atoms with Crippen LogP contribution in [0.25, 0.3) is 0 Å². The number of hydrogen-bond donors (Lipinski definition) is 7. The fourth-order valence-electron chi connectivity index (χ4n) is 10.6. The summed E-state index contributed by atoms with van der Waals surface area (Å²) in [5, 5.41) is 12.5. The third kappa shape index (κ3) is 24.8. The summed E-state index contributed by atoms with van der Waals surface area (Å²) in [7, 11) is 0. The first kappa shape index (κ1) is 66.3. The van der Waals surface area contributed by atoms with Gasteiger partial charge in [-0.3, -0.25) is 43.2 Å². The third-order valence-corrected chi connectivity index (χ3v) is 16.3. The predicted octanol–water partition coefficient (Wildman–Crippen LogP) is 3.68. The molecule has 10 N–H and O–H groups in total. The second-order valence-electron chi connectivity index (χ2n) is 23.5. The van der Waals surface area contributed by atoms with Crippen LogP contribution >= 0.6 is 11.8 Å². The number of fused-ring (bicyclic) bond motifs is 29. The number of unbranched alkanes of at least 4 members (excludes halogenated alkanes) is 1. The van der Waals surface area contributed by atoms with Crippen molar-refractivity contribution in [3.63, 3.8) is 0 Å². The van der Waals surface area contributed by atoms with Crippen LogP contribution in [0, 0.1) is 17.8 Å². The fraction of sp³-hybridized carbons (Fsp3) is 0.571. The van der Waals surface area contributed by atoms with Gasteiger partial charge in [-0.1, -0.05) is 93.1 Å². The van der Waals surface area contributed by atoms with E-state index in [2.05, 4.69) is 21.3 Å². The maximum Gasteiger partial charge on any atom is 0.251 e. The molecule has 4 atom stereocenters. The van der Waals surface area contributed by atoms with Crippen molar-refractivity contribution in [3.8, 4) is 0 Å². The van der Waals surface area contributed by atoms with Gasteiger partial charge in [-0.25, -0.2) is 0 Å². The second-order valence-corrected chi connectivity index (χ2v) is 24.6. The van der Waals surface area contributed by atoms with Gasteiger partial charge in [0.1, 0.15) is 0 Å². The highest BCUT2D eigenvalue weighted by Gasteiger charge is 2.34. The Morgan fingerprint density at radius 3 is 1.58 bits per heavy atom. The van der Waals surface area contributed by atoms with Crippen LogP contribution in [-0.4, -0.2) is 168 Å². The molecule has 0 radical (unpaired) electrons. The molecule has 2 aliphatic carbocycles. The highest BCUT2D eigenvalue weighted by Crippen LogP contribution is 2.34. The Kier molecular flexibility index (Phi) is 27.5. The molecule has 2 bridgehead atoms. The number of nitrogens with one attached hydrogen (secondary N) is 4. The lowest BCUT2D eigenvalue weighted by Crippen LogP contribution is -2.55. The zero-order valence-corrected chi connectivity index (χ0v) is 50.1. The number of amides is 9. The maximum atomic E-state index is 14.5. The minimum atomic E-state index is -0.726. The van der Waals surface area contributed by atoms with Crippen LogP contribution in [0.1, 0.15) is 124 Å². The molecule has 458 valence electrons. The van der Waals surface area contributed by atoms with Gasteiger partial charge in [-0.05, 0) is 124 Å². The molecule has 84 heavy (non-hydrogen) atoms. The molecule has 21 heteroatoms. The first-order valence-corrected chi connectivity index (χ1v) is 31.3. The normalized spacial score (nSPS) is 20.9. The van der Waals surface area contributed by atoms with E-state index in [0.29, 0.717) is 62.1 Å². The third-order valence-electron chi connectivity index (χ3n) is 15.2. The Balaban J connectivity index is 1.34. The summed E-state index contributed by atoms with van der Waals surface area (Å²) in [4.78, 5) is 132. The van der Waals surface area contributed by atoms with Crippen LogP contribution in [0.5, 0.6) is 0 Å². The smallest absolute Gasteiger partial charge is 0.251 e. The molecule has 2 fully saturated rings. The minimum absolute atomic E-state index is 0.0113. The minimum Gasteiger partial charge on any atom is -0.368 e. The topological polar surface area (TPSA) is 293 Å². The highest BCUT2D eigenvalue weighted by atomic mass is 32.2. The Morgan fingerprint density at radius 2 is 1.07 bits per heavy atom. The summed E-state index contributed by atoms with van der Waals surface area (Å²) < 4.78 is 0. The molecule has 2 saturated carbocycles. The molecule has 9 amide bonds. The van der Waals surface area contributed by atoms with E-state index in [9.17, 15) is 43.2 Å². The van der Waals surface area contributed by atoms with Crippen molar-refractivity contribution < 1.29 is 43.2 Å². The van der Waals surface area contributed by atoms with Crippen LogP contribution in [0.4, 0.5) is 0 Å². The number of nitrogens with zero attached hydrogens (tertiary/aromatic N) is 4. The number of rotatable bonds is 19. The van der Waals surface area contributed by atoms with Gasteiger partial charge in [0.25, 0.3) is 5.91 Å². The summed E-state index contributed by atoms with van der Waals surface area (Å²) in [5.74, 6) is -2.32. The first-order valence-electron chi connectivity index (χ1n) is 30.2. The number of nitrogens with two attached hydrogens (primary N) is 3. The van der Waals surface area contributed by atoms with Crippen molar-refractivity contribution in [2.24, 2.45) is 35.0 Å². The molecule has 2 aliphatic heterocycles. The Morgan fingerprint density at radius 1 is 0.583 bits per heavy atom. The monoisotopic (exact) mass is 1180 g/mol. The molecular formula is C63H91N11O9S. The van der Waals surface area contributed by atoms with E-state index in [4.69, 9.17) is 17.2 Å². The molecule has 20 nitrogen and oxygen atoms in total. The van der Waals surface area contributed by atoms with Crippen molar-refractivity contribution in [2.75, 3.05) is 71.2 Å². The van der Waals surface area contributed by atoms with E-state index in [1.807, 2.05) is 86.6 Å². The molecule has 2 heterocycles. The van der Waals surface area contributed by atoms with Crippen LogP contribution in [0.15, 0.2) is 84.9 Å². The van der Waals surface area contributed by atoms with Gasteiger partial charge < -0.3 is 58.1 Å². The number of carbonyl (C=O) groups excluding carboxylic acids is 9. The van der Waals surface area contributed by atoms with E-state index >= 15 is 0 Å². The average Bonchev–Trinajstić information content (AvgIpc) is 4.56. The summed E-state index contributed by atoms with van der Waals surface area (Å²) in [6.45, 7) is 3.13. The molecule has 7 rings (SSSR count). The predicted molar refractivity (Wildman–Crippen MR) is 325 cm³/mol. The lowest BCUT2D eigenvalue weighted by Gasteiger charge is -2.32. The van der Waals surface area contributed by atoms with E-state index in [1.54, 1.807) is 12.1 Å². The van der Waals surface area contributed by atoms with Gasteiger partial charge in [0.15, 0.2) is 0 Å². The highest BCUT2D eigenvalue weighted by molar-refractivity contribution is 7.98. The summed E-state index contributed by atoms with van der Waals surface area (Å²) in [6.07, 6.45) is 7.26. The van der Waals surface area contributed by atoms with Gasteiger partial charge in [0.05, 0.1) is 38.3 Å². The Labute approximate surface area is 500 Å². The van der Waals surface area contributed by atoms with Crippen LogP contribution in [-0.2, 0) is 57.0 Å². The summed E-state index contributed by atoms with van der Waals surface area (Å²) in [5.41, 5.74) is 20.6. The van der Waals surface area contributed by atoms with E-state index in [0.717, 1.165) is 42.4 Å². The van der Waals surface area contributed by atoms with Gasteiger partial charge in [0.2, 0.25) is 47.3 Å². The Bertz CT molecular complexity index is 2620. The maximum absolute atomic E-state index is 14.5. The van der Waals surface area contributed by atoms with Crippen molar-refractivity contribution in [1.82, 2.24) is 40.9 Å². The van der Waals surface area contributed by atoms with Crippen molar-refractivity contribution in [2.45, 2.75) is 140 Å². The van der Waals surface area contributed by atoms with Crippen LogP contribution in [0.3, 0.4) is 0 Å². The standard InChI is InChI=1S/C63H91N11O9S/c1-44(2)30-52-36-73(61(81)33-47-18-19-47)41-56(76)67-51(16-9-10-27-64)35-72(59(79)17-11-28-65)40-57(77)69-53(31-45-12-5-3-6-13-45)37-71(39-55(66)75)60(80)26-29-84-43-49-22-24-50(25-23-49)63(83)70-54(32-46-14-7-4-8-15-46)38-74(42-58(78)68-52)62(82)34-48-20-21-48/h3-8,12-15,22-25,44,47-48,51-54H,9-11,16-21,26-43,64-65H2,1-2H3,(H2,66,75)(H,67,76)(H,68,78)(H,69,77)(H,70,83). The summed E-state index contributed by atoms with van der Waals surface area (Å²) >= 11 is 1.50. The number of benzene rings is 3.